The minimum atomic E-state index is -0.178. The highest BCUT2D eigenvalue weighted by Gasteiger charge is 2.02. The van der Waals surface area contributed by atoms with Gasteiger partial charge < -0.3 is 15.4 Å². The molecule has 0 saturated carbocycles. The Hall–Kier alpha value is -3.15. The number of aromatic nitrogens is 2. The van der Waals surface area contributed by atoms with Crippen LogP contribution in [0.15, 0.2) is 60.8 Å². The van der Waals surface area contributed by atoms with Gasteiger partial charge in [0.05, 0.1) is 7.11 Å². The molecule has 0 fully saturated rings. The van der Waals surface area contributed by atoms with Gasteiger partial charge in [0.25, 0.3) is 0 Å². The zero-order valence-electron chi connectivity index (χ0n) is 15.3. The Morgan fingerprint density at radius 3 is 2.48 bits per heavy atom. The molecular formula is C21H23FN4O. The van der Waals surface area contributed by atoms with Crippen LogP contribution in [0, 0.1) is 5.82 Å². The third-order valence-corrected chi connectivity index (χ3v) is 4.17. The lowest BCUT2D eigenvalue weighted by Gasteiger charge is -2.09. The molecule has 0 saturated heterocycles. The van der Waals surface area contributed by atoms with Gasteiger partial charge in [-0.15, -0.1) is 0 Å². The summed E-state index contributed by atoms with van der Waals surface area (Å²) in [4.78, 5) is 8.67. The van der Waals surface area contributed by atoms with Gasteiger partial charge in [-0.05, 0) is 48.2 Å². The lowest BCUT2D eigenvalue weighted by Crippen LogP contribution is -2.11. The summed E-state index contributed by atoms with van der Waals surface area (Å²) < 4.78 is 18.8. The van der Waals surface area contributed by atoms with Crippen molar-refractivity contribution < 1.29 is 9.13 Å². The molecule has 0 bridgehead atoms. The Morgan fingerprint density at radius 1 is 0.926 bits per heavy atom. The van der Waals surface area contributed by atoms with E-state index >= 15 is 0 Å². The van der Waals surface area contributed by atoms with Crippen molar-refractivity contribution in [2.75, 3.05) is 30.8 Å². The van der Waals surface area contributed by atoms with Crippen molar-refractivity contribution in [3.8, 4) is 5.75 Å². The minimum Gasteiger partial charge on any atom is -0.497 e. The van der Waals surface area contributed by atoms with E-state index in [9.17, 15) is 4.39 Å². The Bertz CT molecular complexity index is 855. The third kappa shape index (κ3) is 5.67. The average molecular weight is 366 g/mol. The number of hydrogen-bond acceptors (Lipinski definition) is 5. The van der Waals surface area contributed by atoms with Gasteiger partial charge in [-0.1, -0.05) is 30.3 Å². The summed E-state index contributed by atoms with van der Waals surface area (Å²) in [5, 5.41) is 6.44. The summed E-state index contributed by atoms with van der Waals surface area (Å²) in [6.45, 7) is 1.33. The highest BCUT2D eigenvalue weighted by Crippen LogP contribution is 2.12. The smallest absolute Gasteiger partial charge is 0.224 e. The first-order valence-corrected chi connectivity index (χ1v) is 8.92. The molecule has 140 valence electrons. The van der Waals surface area contributed by atoms with Crippen LogP contribution in [0.4, 0.5) is 16.2 Å². The largest absolute Gasteiger partial charge is 0.497 e. The second-order valence-corrected chi connectivity index (χ2v) is 6.06. The molecule has 2 N–H and O–H groups in total. The van der Waals surface area contributed by atoms with E-state index in [1.54, 1.807) is 31.5 Å². The summed E-state index contributed by atoms with van der Waals surface area (Å²) >= 11 is 0. The fourth-order valence-electron chi connectivity index (χ4n) is 2.68. The van der Waals surface area contributed by atoms with E-state index in [2.05, 4.69) is 20.6 Å². The van der Waals surface area contributed by atoms with Gasteiger partial charge >= 0.3 is 0 Å². The number of benzene rings is 2. The second kappa shape index (κ2) is 9.52. The fraction of sp³-hybridized carbons (Fsp3) is 0.238. The van der Waals surface area contributed by atoms with Gasteiger partial charge in [0.15, 0.2) is 0 Å². The lowest BCUT2D eigenvalue weighted by molar-refractivity contribution is 0.414. The first kappa shape index (κ1) is 18.6. The molecule has 0 amide bonds. The molecule has 0 spiro atoms. The van der Waals surface area contributed by atoms with Crippen molar-refractivity contribution in [2.45, 2.75) is 12.8 Å². The molecule has 0 atom stereocenters. The van der Waals surface area contributed by atoms with Crippen LogP contribution in [0.1, 0.15) is 11.1 Å². The van der Waals surface area contributed by atoms with Crippen molar-refractivity contribution in [3.63, 3.8) is 0 Å². The van der Waals surface area contributed by atoms with Gasteiger partial charge in [-0.25, -0.2) is 9.37 Å². The zero-order chi connectivity index (χ0) is 18.9. The van der Waals surface area contributed by atoms with Crippen LogP contribution in [0.5, 0.6) is 5.75 Å². The SMILES string of the molecule is COc1ccc(CCNc2nccc(NCCc3ccccc3F)n2)cc1. The Kier molecular flexibility index (Phi) is 6.57. The van der Waals surface area contributed by atoms with E-state index in [0.717, 1.165) is 18.7 Å². The van der Waals surface area contributed by atoms with E-state index in [-0.39, 0.29) is 5.82 Å². The number of nitrogens with one attached hydrogen (secondary N) is 2. The maximum Gasteiger partial charge on any atom is 0.224 e. The standard InChI is InChI=1S/C21H23FN4O/c1-27-18-8-6-16(7-9-18)10-13-24-21-25-15-12-20(26-21)23-14-11-17-4-2-3-5-19(17)22/h2-9,12,15H,10-11,13-14H2,1H3,(H2,23,24,25,26). The lowest BCUT2D eigenvalue weighted by atomic mass is 10.1. The molecule has 1 aromatic heterocycles. The molecule has 27 heavy (non-hydrogen) atoms. The fourth-order valence-corrected chi connectivity index (χ4v) is 2.68. The summed E-state index contributed by atoms with van der Waals surface area (Å²) in [5.41, 5.74) is 1.90. The van der Waals surface area contributed by atoms with E-state index < -0.39 is 0 Å². The monoisotopic (exact) mass is 366 g/mol. The highest BCUT2D eigenvalue weighted by molar-refractivity contribution is 5.40. The summed E-state index contributed by atoms with van der Waals surface area (Å²) in [5.74, 6) is 1.96. The molecule has 5 nitrogen and oxygen atoms in total. The van der Waals surface area contributed by atoms with Crippen molar-refractivity contribution in [2.24, 2.45) is 0 Å². The number of hydrogen-bond donors (Lipinski definition) is 2. The van der Waals surface area contributed by atoms with Gasteiger partial charge in [0.1, 0.15) is 17.4 Å². The number of methoxy groups -OCH3 is 1. The molecule has 0 aliphatic carbocycles. The molecular weight excluding hydrogens is 343 g/mol. The Morgan fingerprint density at radius 2 is 1.70 bits per heavy atom. The summed E-state index contributed by atoms with van der Waals surface area (Å²) in [6.07, 6.45) is 3.16. The topological polar surface area (TPSA) is 59.1 Å². The van der Waals surface area contributed by atoms with E-state index in [1.165, 1.54) is 11.6 Å². The molecule has 0 radical (unpaired) electrons. The molecule has 3 rings (SSSR count). The average Bonchev–Trinajstić information content (AvgIpc) is 2.70. The van der Waals surface area contributed by atoms with Crippen LogP contribution in [0.2, 0.25) is 0 Å². The van der Waals surface area contributed by atoms with Crippen LogP contribution in [-0.2, 0) is 12.8 Å². The van der Waals surface area contributed by atoms with E-state index in [4.69, 9.17) is 4.74 Å². The third-order valence-electron chi connectivity index (χ3n) is 4.17. The molecule has 2 aromatic carbocycles. The second-order valence-electron chi connectivity index (χ2n) is 6.06. The van der Waals surface area contributed by atoms with Gasteiger partial charge in [-0.3, -0.25) is 0 Å². The molecule has 0 aliphatic rings. The number of rotatable bonds is 9. The number of halogens is 1. The predicted octanol–water partition coefficient (Wildman–Crippen LogP) is 3.93. The van der Waals surface area contributed by atoms with Gasteiger partial charge in [0.2, 0.25) is 5.95 Å². The van der Waals surface area contributed by atoms with Crippen LogP contribution in [0.3, 0.4) is 0 Å². The van der Waals surface area contributed by atoms with Crippen molar-refractivity contribution in [1.82, 2.24) is 9.97 Å². The quantitative estimate of drug-likeness (QED) is 0.601. The van der Waals surface area contributed by atoms with Crippen LogP contribution in [-0.4, -0.2) is 30.2 Å². The van der Waals surface area contributed by atoms with Crippen LogP contribution >= 0.6 is 0 Å². The Balaban J connectivity index is 1.46. The first-order valence-electron chi connectivity index (χ1n) is 8.92. The molecule has 3 aromatic rings. The van der Waals surface area contributed by atoms with Gasteiger partial charge in [-0.2, -0.15) is 4.98 Å². The van der Waals surface area contributed by atoms with Crippen molar-refractivity contribution in [1.29, 1.82) is 0 Å². The summed E-state index contributed by atoms with van der Waals surface area (Å²) in [6, 6.07) is 16.6. The Labute approximate surface area is 158 Å². The zero-order valence-corrected chi connectivity index (χ0v) is 15.3. The highest BCUT2D eigenvalue weighted by atomic mass is 19.1. The van der Waals surface area contributed by atoms with Crippen LogP contribution in [0.25, 0.3) is 0 Å². The maximum atomic E-state index is 13.6. The molecule has 6 heteroatoms. The van der Waals surface area contributed by atoms with E-state index in [1.807, 2.05) is 30.3 Å². The molecule has 1 heterocycles. The number of ether oxygens (including phenoxy) is 1. The maximum absolute atomic E-state index is 13.6. The first-order chi connectivity index (χ1) is 13.2. The minimum absolute atomic E-state index is 0.178. The normalized spacial score (nSPS) is 10.4. The van der Waals surface area contributed by atoms with E-state index in [0.29, 0.717) is 30.3 Å². The number of anilines is 2. The van der Waals surface area contributed by atoms with Gasteiger partial charge in [0, 0.05) is 19.3 Å². The summed E-state index contributed by atoms with van der Waals surface area (Å²) in [7, 11) is 1.66. The van der Waals surface area contributed by atoms with Crippen molar-refractivity contribution in [3.05, 3.63) is 77.7 Å². The molecule has 0 unspecified atom stereocenters. The number of nitrogens with zero attached hydrogens (tertiary/aromatic N) is 2. The van der Waals surface area contributed by atoms with Crippen LogP contribution < -0.4 is 15.4 Å². The molecule has 0 aliphatic heterocycles. The predicted molar refractivity (Wildman–Crippen MR) is 106 cm³/mol. The van der Waals surface area contributed by atoms with Crippen molar-refractivity contribution >= 4 is 11.8 Å².